The fourth-order valence-corrected chi connectivity index (χ4v) is 3.12. The van der Waals surface area contributed by atoms with Crippen LogP contribution in [0.5, 0.6) is 0 Å². The Morgan fingerprint density at radius 3 is 2.62 bits per heavy atom. The van der Waals surface area contributed by atoms with Gasteiger partial charge in [-0.2, -0.15) is 0 Å². The normalized spacial score (nSPS) is 30.8. The van der Waals surface area contributed by atoms with Crippen molar-refractivity contribution in [2.45, 2.75) is 38.6 Å². The number of likely N-dealkylation sites (tertiary alicyclic amines) is 1. The Bertz CT molecular complexity index is 196. The summed E-state index contributed by atoms with van der Waals surface area (Å²) in [5, 5.41) is 0. The van der Waals surface area contributed by atoms with Gasteiger partial charge in [-0.25, -0.2) is 0 Å². The average Bonchev–Trinajstić information content (AvgIpc) is 2.83. The molecule has 2 rings (SSSR count). The van der Waals surface area contributed by atoms with Crippen LogP contribution >= 0.6 is 0 Å². The van der Waals surface area contributed by atoms with Gasteiger partial charge >= 0.3 is 0 Å². The summed E-state index contributed by atoms with van der Waals surface area (Å²) in [6, 6.07) is 0.710. The van der Waals surface area contributed by atoms with E-state index in [1.807, 2.05) is 0 Å². The molecule has 2 fully saturated rings. The molecule has 2 saturated heterocycles. The third kappa shape index (κ3) is 2.96. The van der Waals surface area contributed by atoms with Crippen LogP contribution in [-0.4, -0.2) is 43.8 Å². The van der Waals surface area contributed by atoms with Gasteiger partial charge in [-0.15, -0.1) is 0 Å². The van der Waals surface area contributed by atoms with E-state index in [4.69, 9.17) is 10.5 Å². The maximum atomic E-state index is 5.62. The molecule has 0 saturated carbocycles. The highest BCUT2D eigenvalue weighted by atomic mass is 16.5. The minimum atomic E-state index is 0.710. The van der Waals surface area contributed by atoms with Crippen molar-refractivity contribution in [2.24, 2.45) is 17.6 Å². The van der Waals surface area contributed by atoms with Gasteiger partial charge in [0.05, 0.1) is 6.61 Å². The largest absolute Gasteiger partial charge is 0.381 e. The summed E-state index contributed by atoms with van der Waals surface area (Å²) in [4.78, 5) is 2.66. The number of ether oxygens (including phenoxy) is 1. The van der Waals surface area contributed by atoms with E-state index in [0.29, 0.717) is 6.04 Å². The quantitative estimate of drug-likeness (QED) is 0.789. The van der Waals surface area contributed by atoms with E-state index in [-0.39, 0.29) is 0 Å². The Morgan fingerprint density at radius 1 is 1.31 bits per heavy atom. The molecular weight excluding hydrogens is 200 g/mol. The van der Waals surface area contributed by atoms with Gasteiger partial charge < -0.3 is 15.4 Å². The van der Waals surface area contributed by atoms with Gasteiger partial charge in [0.25, 0.3) is 0 Å². The second-order valence-corrected chi connectivity index (χ2v) is 5.42. The lowest BCUT2D eigenvalue weighted by Crippen LogP contribution is -2.44. The van der Waals surface area contributed by atoms with Crippen LogP contribution in [0.1, 0.15) is 32.6 Å². The minimum absolute atomic E-state index is 0.710. The van der Waals surface area contributed by atoms with Crippen molar-refractivity contribution < 1.29 is 4.74 Å². The first-order valence-corrected chi connectivity index (χ1v) is 6.83. The molecule has 2 N–H and O–H groups in total. The second-order valence-electron chi connectivity index (χ2n) is 5.42. The lowest BCUT2D eigenvalue weighted by Gasteiger charge is -2.38. The fraction of sp³-hybridized carbons (Fsp3) is 1.00. The monoisotopic (exact) mass is 226 g/mol. The van der Waals surface area contributed by atoms with E-state index >= 15 is 0 Å². The highest BCUT2D eigenvalue weighted by Crippen LogP contribution is 2.26. The molecule has 2 heterocycles. The predicted octanol–water partition coefficient (Wildman–Crippen LogP) is 1.47. The van der Waals surface area contributed by atoms with Crippen molar-refractivity contribution in [3.05, 3.63) is 0 Å². The zero-order chi connectivity index (χ0) is 11.4. The summed E-state index contributed by atoms with van der Waals surface area (Å²) in [5.74, 6) is 1.65. The van der Waals surface area contributed by atoms with Crippen molar-refractivity contribution in [3.8, 4) is 0 Å². The molecule has 0 aromatic carbocycles. The summed E-state index contributed by atoms with van der Waals surface area (Å²) < 4.78 is 5.49. The van der Waals surface area contributed by atoms with E-state index in [2.05, 4.69) is 11.8 Å². The highest BCUT2D eigenvalue weighted by molar-refractivity contribution is 4.82. The van der Waals surface area contributed by atoms with Gasteiger partial charge in [-0.3, -0.25) is 0 Å². The smallest absolute Gasteiger partial charge is 0.0509 e. The first kappa shape index (κ1) is 12.3. The van der Waals surface area contributed by atoms with Crippen LogP contribution in [0.2, 0.25) is 0 Å². The lowest BCUT2D eigenvalue weighted by molar-refractivity contribution is 0.0924. The summed E-state index contributed by atoms with van der Waals surface area (Å²) in [6.07, 6.45) is 5.16. The molecule has 0 aliphatic carbocycles. The summed E-state index contributed by atoms with van der Waals surface area (Å²) in [5.41, 5.74) is 5.62. The van der Waals surface area contributed by atoms with Crippen LogP contribution in [0.3, 0.4) is 0 Å². The Balaban J connectivity index is 1.74. The Kier molecular flexibility index (Phi) is 4.62. The van der Waals surface area contributed by atoms with E-state index < -0.39 is 0 Å². The molecule has 0 amide bonds. The fourth-order valence-electron chi connectivity index (χ4n) is 3.12. The van der Waals surface area contributed by atoms with Crippen LogP contribution in [0.15, 0.2) is 0 Å². The predicted molar refractivity (Wildman–Crippen MR) is 66.4 cm³/mol. The second kappa shape index (κ2) is 5.99. The molecule has 3 heteroatoms. The van der Waals surface area contributed by atoms with Crippen LogP contribution in [0.25, 0.3) is 0 Å². The van der Waals surface area contributed by atoms with E-state index in [1.54, 1.807) is 0 Å². The van der Waals surface area contributed by atoms with Crippen LogP contribution in [-0.2, 0) is 4.74 Å². The van der Waals surface area contributed by atoms with Crippen molar-refractivity contribution >= 4 is 0 Å². The molecule has 2 aliphatic rings. The molecule has 0 spiro atoms. The molecule has 0 bridgehead atoms. The first-order valence-electron chi connectivity index (χ1n) is 6.83. The topological polar surface area (TPSA) is 38.5 Å². The Morgan fingerprint density at radius 2 is 2.06 bits per heavy atom. The van der Waals surface area contributed by atoms with Gasteiger partial charge in [-0.05, 0) is 64.1 Å². The van der Waals surface area contributed by atoms with Crippen LogP contribution in [0, 0.1) is 11.8 Å². The maximum absolute atomic E-state index is 5.62. The molecule has 2 unspecified atom stereocenters. The highest BCUT2D eigenvalue weighted by Gasteiger charge is 2.29. The van der Waals surface area contributed by atoms with Gasteiger partial charge in [0.1, 0.15) is 0 Å². The van der Waals surface area contributed by atoms with E-state index in [1.165, 1.54) is 38.8 Å². The summed E-state index contributed by atoms with van der Waals surface area (Å²) in [6.45, 7) is 7.71. The molecule has 0 radical (unpaired) electrons. The summed E-state index contributed by atoms with van der Waals surface area (Å²) >= 11 is 0. The van der Waals surface area contributed by atoms with Gasteiger partial charge in [-0.1, -0.05) is 0 Å². The number of nitrogens with two attached hydrogens (primary N) is 1. The standard InChI is InChI=1S/C13H26N2O/c1-11(13-5-9-16-10-13)15-7-3-12(2-6-14)4-8-15/h11-13H,2-10,14H2,1H3. The van der Waals surface area contributed by atoms with Crippen molar-refractivity contribution in [3.63, 3.8) is 0 Å². The third-order valence-electron chi connectivity index (χ3n) is 4.45. The number of hydrogen-bond donors (Lipinski definition) is 1. The summed E-state index contributed by atoms with van der Waals surface area (Å²) in [7, 11) is 0. The van der Waals surface area contributed by atoms with Crippen LogP contribution < -0.4 is 5.73 Å². The Hall–Kier alpha value is -0.120. The zero-order valence-corrected chi connectivity index (χ0v) is 10.5. The van der Waals surface area contributed by atoms with Crippen molar-refractivity contribution in [1.82, 2.24) is 4.90 Å². The molecule has 94 valence electrons. The first-order chi connectivity index (χ1) is 7.81. The number of nitrogens with zero attached hydrogens (tertiary/aromatic N) is 1. The average molecular weight is 226 g/mol. The van der Waals surface area contributed by atoms with Gasteiger partial charge in [0.15, 0.2) is 0 Å². The lowest BCUT2D eigenvalue weighted by atomic mass is 9.90. The van der Waals surface area contributed by atoms with E-state index in [9.17, 15) is 0 Å². The van der Waals surface area contributed by atoms with Gasteiger partial charge in [0.2, 0.25) is 0 Å². The maximum Gasteiger partial charge on any atom is 0.0509 e. The molecule has 2 atom stereocenters. The molecule has 2 aliphatic heterocycles. The third-order valence-corrected chi connectivity index (χ3v) is 4.45. The minimum Gasteiger partial charge on any atom is -0.381 e. The van der Waals surface area contributed by atoms with Gasteiger partial charge in [0, 0.05) is 12.6 Å². The zero-order valence-electron chi connectivity index (χ0n) is 10.5. The molecule has 0 aromatic rings. The number of piperidine rings is 1. The number of rotatable bonds is 4. The van der Waals surface area contributed by atoms with Crippen molar-refractivity contribution in [2.75, 3.05) is 32.8 Å². The van der Waals surface area contributed by atoms with Crippen LogP contribution in [0.4, 0.5) is 0 Å². The molecule has 0 aromatic heterocycles. The SMILES string of the molecule is CC(C1CCOC1)N1CCC(CCN)CC1. The Labute approximate surface area is 99.3 Å². The molecule has 3 nitrogen and oxygen atoms in total. The van der Waals surface area contributed by atoms with E-state index in [0.717, 1.165) is 31.6 Å². The molecular formula is C13H26N2O. The van der Waals surface area contributed by atoms with Crippen molar-refractivity contribution in [1.29, 1.82) is 0 Å². The molecule has 16 heavy (non-hydrogen) atoms. The number of hydrogen-bond acceptors (Lipinski definition) is 3.